The average Bonchev–Trinajstić information content (AvgIpc) is 2.83. The fraction of sp³-hybridized carbons (Fsp3) is 0.269. The Kier molecular flexibility index (Phi) is 6.24. The minimum absolute atomic E-state index is 0.0516. The number of ether oxygens (including phenoxy) is 1. The van der Waals surface area contributed by atoms with Crippen molar-refractivity contribution in [2.75, 3.05) is 11.9 Å². The number of nitrogens with zero attached hydrogens (tertiary/aromatic N) is 1. The largest absolute Gasteiger partial charge is 0.494 e. The van der Waals surface area contributed by atoms with Gasteiger partial charge in [0.05, 0.1) is 12.2 Å². The Bertz CT molecular complexity index is 1330. The number of carbonyl (C=O) groups excluding carboxylic acids is 1. The number of anilines is 1. The van der Waals surface area contributed by atoms with E-state index in [-0.39, 0.29) is 17.2 Å². The van der Waals surface area contributed by atoms with E-state index >= 15 is 0 Å². The molecule has 1 aliphatic carbocycles. The number of ketones is 1. The number of carbonyl (C=O) groups is 1. The predicted molar refractivity (Wildman–Crippen MR) is 130 cm³/mol. The van der Waals surface area contributed by atoms with Crippen molar-refractivity contribution in [2.45, 2.75) is 43.0 Å². The smallest absolute Gasteiger partial charge is 0.257 e. The molecule has 0 bridgehead atoms. The predicted octanol–water partition coefficient (Wildman–Crippen LogP) is 5.16. The molecule has 174 valence electrons. The number of benzene rings is 2. The van der Waals surface area contributed by atoms with Gasteiger partial charge in [0.1, 0.15) is 17.4 Å². The maximum atomic E-state index is 14.0. The minimum Gasteiger partial charge on any atom is -0.494 e. The number of thioether (sulfide) groups is 1. The minimum atomic E-state index is -0.503. The third kappa shape index (κ3) is 4.25. The van der Waals surface area contributed by atoms with Gasteiger partial charge in [0.25, 0.3) is 5.56 Å². The second-order valence-electron chi connectivity index (χ2n) is 8.24. The van der Waals surface area contributed by atoms with Crippen molar-refractivity contribution in [3.05, 3.63) is 92.7 Å². The van der Waals surface area contributed by atoms with E-state index in [1.165, 1.54) is 17.8 Å². The molecule has 0 radical (unpaired) electrons. The lowest BCUT2D eigenvalue weighted by atomic mass is 9.76. The number of nitrogens with one attached hydrogen (secondary N) is 2. The number of hydrogen-bond donors (Lipinski definition) is 2. The van der Waals surface area contributed by atoms with Crippen LogP contribution in [0.4, 0.5) is 10.2 Å². The summed E-state index contributed by atoms with van der Waals surface area (Å²) in [6.45, 7) is 2.47. The van der Waals surface area contributed by atoms with E-state index in [0.717, 1.165) is 29.9 Å². The average molecular weight is 478 g/mol. The lowest BCUT2D eigenvalue weighted by molar-refractivity contribution is -0.116. The summed E-state index contributed by atoms with van der Waals surface area (Å²) in [4.78, 5) is 33.8. The van der Waals surface area contributed by atoms with Crippen molar-refractivity contribution in [3.8, 4) is 5.75 Å². The molecule has 6 nitrogen and oxygen atoms in total. The molecular formula is C26H24FN3O3S. The molecule has 34 heavy (non-hydrogen) atoms. The van der Waals surface area contributed by atoms with E-state index in [2.05, 4.69) is 15.3 Å². The van der Waals surface area contributed by atoms with E-state index < -0.39 is 5.92 Å². The van der Waals surface area contributed by atoms with E-state index in [1.807, 2.05) is 31.2 Å². The molecule has 8 heteroatoms. The summed E-state index contributed by atoms with van der Waals surface area (Å²) in [5.74, 6) is 0.777. The fourth-order valence-electron chi connectivity index (χ4n) is 4.53. The van der Waals surface area contributed by atoms with Gasteiger partial charge >= 0.3 is 0 Å². The molecule has 1 atom stereocenters. The summed E-state index contributed by atoms with van der Waals surface area (Å²) < 4.78 is 19.6. The quantitative estimate of drug-likeness (QED) is 0.377. The summed E-state index contributed by atoms with van der Waals surface area (Å²) in [5.41, 5.74) is 2.96. The van der Waals surface area contributed by atoms with Crippen LogP contribution in [0, 0.1) is 5.82 Å². The van der Waals surface area contributed by atoms with Crippen molar-refractivity contribution in [1.82, 2.24) is 9.97 Å². The molecule has 1 aromatic heterocycles. The zero-order valence-corrected chi connectivity index (χ0v) is 19.5. The second-order valence-corrected chi connectivity index (χ2v) is 9.21. The summed E-state index contributed by atoms with van der Waals surface area (Å²) in [6.07, 6.45) is 1.94. The Labute approximate surface area is 200 Å². The summed E-state index contributed by atoms with van der Waals surface area (Å²) >= 11 is 1.26. The Morgan fingerprint density at radius 1 is 1.12 bits per heavy atom. The highest BCUT2D eigenvalue weighted by molar-refractivity contribution is 7.98. The van der Waals surface area contributed by atoms with Crippen LogP contribution in [0.2, 0.25) is 0 Å². The highest BCUT2D eigenvalue weighted by atomic mass is 32.2. The summed E-state index contributed by atoms with van der Waals surface area (Å²) in [5, 5.41) is 3.67. The summed E-state index contributed by atoms with van der Waals surface area (Å²) in [7, 11) is 0. The first-order chi connectivity index (χ1) is 16.5. The van der Waals surface area contributed by atoms with Gasteiger partial charge in [-0.2, -0.15) is 0 Å². The second kappa shape index (κ2) is 9.46. The maximum absolute atomic E-state index is 14.0. The lowest BCUT2D eigenvalue weighted by Gasteiger charge is -2.32. The number of aromatic amines is 1. The highest BCUT2D eigenvalue weighted by Gasteiger charge is 2.37. The Morgan fingerprint density at radius 2 is 1.91 bits per heavy atom. The number of Topliss-reactive ketones (excluding diaryl/α,β-unsaturated/α-hetero) is 1. The van der Waals surface area contributed by atoms with E-state index in [1.54, 1.807) is 18.2 Å². The third-order valence-corrected chi connectivity index (χ3v) is 7.01. The molecule has 1 aliphatic heterocycles. The molecule has 2 aliphatic rings. The van der Waals surface area contributed by atoms with Crippen LogP contribution in [0.15, 0.2) is 69.8 Å². The molecule has 0 amide bonds. The van der Waals surface area contributed by atoms with Crippen molar-refractivity contribution in [2.24, 2.45) is 0 Å². The highest BCUT2D eigenvalue weighted by Crippen LogP contribution is 2.43. The normalized spacial score (nSPS) is 17.1. The van der Waals surface area contributed by atoms with Crippen LogP contribution in [0.25, 0.3) is 0 Å². The number of rotatable bonds is 6. The first-order valence-electron chi connectivity index (χ1n) is 11.3. The first kappa shape index (κ1) is 22.4. The Balaban J connectivity index is 1.54. The number of aromatic nitrogens is 2. The van der Waals surface area contributed by atoms with Crippen molar-refractivity contribution >= 4 is 23.4 Å². The molecule has 0 saturated carbocycles. The first-order valence-corrected chi connectivity index (χ1v) is 12.3. The van der Waals surface area contributed by atoms with Gasteiger partial charge < -0.3 is 15.0 Å². The molecule has 5 rings (SSSR count). The van der Waals surface area contributed by atoms with Crippen LogP contribution < -0.4 is 15.6 Å². The molecule has 1 unspecified atom stereocenters. The molecule has 2 N–H and O–H groups in total. The number of hydrogen-bond acceptors (Lipinski definition) is 6. The molecule has 2 heterocycles. The van der Waals surface area contributed by atoms with Crippen LogP contribution >= 0.6 is 11.8 Å². The van der Waals surface area contributed by atoms with Crippen LogP contribution in [0.5, 0.6) is 5.75 Å². The van der Waals surface area contributed by atoms with Crippen LogP contribution in [0.1, 0.15) is 48.8 Å². The van der Waals surface area contributed by atoms with Gasteiger partial charge in [-0.3, -0.25) is 9.59 Å². The lowest BCUT2D eigenvalue weighted by Crippen LogP contribution is -2.32. The number of H-pyrrole nitrogens is 1. The van der Waals surface area contributed by atoms with Gasteiger partial charge in [0.2, 0.25) is 0 Å². The topological polar surface area (TPSA) is 84.1 Å². The molecule has 0 spiro atoms. The third-order valence-electron chi connectivity index (χ3n) is 6.08. The summed E-state index contributed by atoms with van der Waals surface area (Å²) in [6, 6.07) is 14.1. The standard InChI is InChI=1S/C26H24FN3O3S/c1-2-33-17-12-10-15(11-13-17)21-22-19(8-5-9-20(22)31)28-24-23(21)25(32)30-26(29-24)34-14-16-6-3-4-7-18(16)27/h3-4,6-7,10-13,21H,2,5,8-9,14H2,1H3,(H2,28,29,30,32). The van der Waals surface area contributed by atoms with E-state index in [4.69, 9.17) is 4.74 Å². The number of allylic oxidation sites excluding steroid dienone is 2. The van der Waals surface area contributed by atoms with Gasteiger partial charge in [-0.05, 0) is 49.1 Å². The molecular weight excluding hydrogens is 453 g/mol. The number of halogens is 1. The fourth-order valence-corrected chi connectivity index (χ4v) is 5.37. The van der Waals surface area contributed by atoms with Crippen molar-refractivity contribution in [1.29, 1.82) is 0 Å². The SMILES string of the molecule is CCOc1ccc(C2C3=C(CCCC3=O)Nc3nc(SCc4ccccc4F)[nH]c(=O)c32)cc1. The van der Waals surface area contributed by atoms with Crippen molar-refractivity contribution < 1.29 is 13.9 Å². The Hall–Kier alpha value is -3.39. The zero-order valence-electron chi connectivity index (χ0n) is 18.7. The van der Waals surface area contributed by atoms with Gasteiger partial charge in [0, 0.05) is 29.4 Å². The van der Waals surface area contributed by atoms with Gasteiger partial charge in [0.15, 0.2) is 10.9 Å². The molecule has 2 aromatic carbocycles. The van der Waals surface area contributed by atoms with E-state index in [9.17, 15) is 14.0 Å². The Morgan fingerprint density at radius 3 is 2.68 bits per heavy atom. The zero-order chi connectivity index (χ0) is 23.7. The van der Waals surface area contributed by atoms with Crippen LogP contribution in [0.3, 0.4) is 0 Å². The van der Waals surface area contributed by atoms with Crippen LogP contribution in [-0.4, -0.2) is 22.4 Å². The number of fused-ring (bicyclic) bond motifs is 1. The molecule has 0 fully saturated rings. The monoisotopic (exact) mass is 477 g/mol. The molecule has 0 saturated heterocycles. The maximum Gasteiger partial charge on any atom is 0.257 e. The van der Waals surface area contributed by atoms with Gasteiger partial charge in [-0.25, -0.2) is 9.37 Å². The van der Waals surface area contributed by atoms with Gasteiger partial charge in [-0.1, -0.05) is 42.1 Å². The molecule has 3 aromatic rings. The van der Waals surface area contributed by atoms with E-state index in [0.29, 0.717) is 46.5 Å². The van der Waals surface area contributed by atoms with Crippen LogP contribution in [-0.2, 0) is 10.5 Å². The van der Waals surface area contributed by atoms with Gasteiger partial charge in [-0.15, -0.1) is 0 Å². The van der Waals surface area contributed by atoms with Crippen molar-refractivity contribution in [3.63, 3.8) is 0 Å².